The number of fused-ring (bicyclic) bond motifs is 1. The lowest BCUT2D eigenvalue weighted by molar-refractivity contribution is 0.419. The smallest absolute Gasteiger partial charge is 0.133 e. The summed E-state index contributed by atoms with van der Waals surface area (Å²) >= 11 is 9.56. The fourth-order valence-electron chi connectivity index (χ4n) is 1.65. The van der Waals surface area contributed by atoms with Crippen LogP contribution in [0.15, 0.2) is 22.7 Å². The number of hydrogen-bond donors (Lipinski definition) is 0. The van der Waals surface area contributed by atoms with E-state index >= 15 is 0 Å². The monoisotopic (exact) mass is 299 g/mol. The Bertz CT molecular complexity index is 542. The van der Waals surface area contributed by atoms with Gasteiger partial charge in [0.1, 0.15) is 10.9 Å². The predicted octanol–water partition coefficient (Wildman–Crippen LogP) is 4.22. The molecule has 0 aliphatic heterocycles. The summed E-state index contributed by atoms with van der Waals surface area (Å²) in [7, 11) is 1.66. The highest BCUT2D eigenvalue weighted by Crippen LogP contribution is 2.33. The third kappa shape index (κ3) is 1.89. The fraction of sp³-hybridized carbons (Fsp3) is 0.250. The third-order valence-electron chi connectivity index (χ3n) is 2.52. The van der Waals surface area contributed by atoms with Crippen molar-refractivity contribution in [1.82, 2.24) is 4.98 Å². The van der Waals surface area contributed by atoms with Crippen molar-refractivity contribution in [3.05, 3.63) is 33.4 Å². The van der Waals surface area contributed by atoms with E-state index in [1.807, 2.05) is 18.2 Å². The van der Waals surface area contributed by atoms with Crippen LogP contribution in [0.25, 0.3) is 10.9 Å². The maximum Gasteiger partial charge on any atom is 0.133 e. The summed E-state index contributed by atoms with van der Waals surface area (Å²) in [6, 6.07) is 5.87. The lowest BCUT2D eigenvalue weighted by Gasteiger charge is -2.09. The number of nitrogens with zero attached hydrogens (tertiary/aromatic N) is 1. The minimum absolute atomic E-state index is 0.559. The van der Waals surface area contributed by atoms with Gasteiger partial charge in [0.2, 0.25) is 0 Å². The molecule has 2 aromatic rings. The summed E-state index contributed by atoms with van der Waals surface area (Å²) in [6.07, 6.45) is 0.859. The molecular formula is C12H11BrClNO. The molecule has 2 nitrogen and oxygen atoms in total. The first-order valence-electron chi connectivity index (χ1n) is 4.99. The van der Waals surface area contributed by atoms with Crippen LogP contribution in [0.4, 0.5) is 0 Å². The summed E-state index contributed by atoms with van der Waals surface area (Å²) in [4.78, 5) is 4.39. The molecule has 0 aliphatic carbocycles. The molecule has 0 bridgehead atoms. The highest BCUT2D eigenvalue weighted by molar-refractivity contribution is 9.10. The number of hydrogen-bond acceptors (Lipinski definition) is 2. The standard InChI is InChI=1S/C12H11BrClNO/c1-3-7-6-8-10(16-2)5-4-9(13)11(8)15-12(7)14/h4-6H,3H2,1-2H3. The van der Waals surface area contributed by atoms with E-state index in [1.165, 1.54) is 0 Å². The van der Waals surface area contributed by atoms with E-state index in [9.17, 15) is 0 Å². The molecule has 1 heterocycles. The van der Waals surface area contributed by atoms with E-state index in [0.29, 0.717) is 5.15 Å². The Labute approximate surface area is 108 Å². The molecule has 0 fully saturated rings. The Morgan fingerprint density at radius 3 is 2.81 bits per heavy atom. The summed E-state index contributed by atoms with van der Waals surface area (Å²) in [5.41, 5.74) is 1.87. The number of rotatable bonds is 2. The largest absolute Gasteiger partial charge is 0.496 e. The van der Waals surface area contributed by atoms with Crippen LogP contribution in [0.3, 0.4) is 0 Å². The second kappa shape index (κ2) is 4.60. The van der Waals surface area contributed by atoms with Crippen molar-refractivity contribution in [2.24, 2.45) is 0 Å². The van der Waals surface area contributed by atoms with Crippen molar-refractivity contribution in [1.29, 1.82) is 0 Å². The van der Waals surface area contributed by atoms with Gasteiger partial charge in [-0.1, -0.05) is 18.5 Å². The second-order valence-corrected chi connectivity index (χ2v) is 4.65. The Morgan fingerprint density at radius 1 is 1.44 bits per heavy atom. The lowest BCUT2D eigenvalue weighted by Crippen LogP contribution is -1.92. The van der Waals surface area contributed by atoms with Crippen LogP contribution < -0.4 is 4.74 Å². The van der Waals surface area contributed by atoms with Crippen molar-refractivity contribution in [2.45, 2.75) is 13.3 Å². The van der Waals surface area contributed by atoms with Gasteiger partial charge in [-0.2, -0.15) is 0 Å². The van der Waals surface area contributed by atoms with E-state index < -0.39 is 0 Å². The summed E-state index contributed by atoms with van der Waals surface area (Å²) in [5, 5.41) is 1.54. The van der Waals surface area contributed by atoms with Gasteiger partial charge < -0.3 is 4.74 Å². The Balaban J connectivity index is 2.83. The maximum atomic E-state index is 6.10. The summed E-state index contributed by atoms with van der Waals surface area (Å²) < 4.78 is 6.24. The zero-order chi connectivity index (χ0) is 11.7. The zero-order valence-electron chi connectivity index (χ0n) is 9.05. The number of methoxy groups -OCH3 is 1. The first-order valence-corrected chi connectivity index (χ1v) is 6.16. The van der Waals surface area contributed by atoms with Crippen molar-refractivity contribution in [2.75, 3.05) is 7.11 Å². The van der Waals surface area contributed by atoms with Gasteiger partial charge in [0, 0.05) is 9.86 Å². The minimum Gasteiger partial charge on any atom is -0.496 e. The van der Waals surface area contributed by atoms with Gasteiger partial charge in [-0.25, -0.2) is 4.98 Å². The Kier molecular flexibility index (Phi) is 3.36. The van der Waals surface area contributed by atoms with Crippen molar-refractivity contribution in [3.8, 4) is 5.75 Å². The predicted molar refractivity (Wildman–Crippen MR) is 70.4 cm³/mol. The number of aryl methyl sites for hydroxylation is 1. The van der Waals surface area contributed by atoms with Gasteiger partial charge in [-0.3, -0.25) is 0 Å². The molecule has 1 aromatic heterocycles. The molecule has 0 radical (unpaired) electrons. The van der Waals surface area contributed by atoms with E-state index in [0.717, 1.165) is 33.1 Å². The van der Waals surface area contributed by atoms with Crippen molar-refractivity contribution >= 4 is 38.4 Å². The first kappa shape index (κ1) is 11.7. The molecule has 4 heteroatoms. The normalized spacial score (nSPS) is 10.8. The quantitative estimate of drug-likeness (QED) is 0.775. The molecule has 0 aliphatic rings. The summed E-state index contributed by atoms with van der Waals surface area (Å²) in [6.45, 7) is 2.05. The molecule has 16 heavy (non-hydrogen) atoms. The molecule has 2 rings (SSSR count). The van der Waals surface area contributed by atoms with Crippen LogP contribution in [-0.4, -0.2) is 12.1 Å². The highest BCUT2D eigenvalue weighted by Gasteiger charge is 2.10. The van der Waals surface area contributed by atoms with E-state index in [1.54, 1.807) is 7.11 Å². The van der Waals surface area contributed by atoms with Gasteiger partial charge in [0.25, 0.3) is 0 Å². The molecule has 1 aromatic carbocycles. The Hall–Kier alpha value is -0.800. The highest BCUT2D eigenvalue weighted by atomic mass is 79.9. The van der Waals surface area contributed by atoms with E-state index in [4.69, 9.17) is 16.3 Å². The van der Waals surface area contributed by atoms with Crippen molar-refractivity contribution < 1.29 is 4.74 Å². The van der Waals surface area contributed by atoms with Gasteiger partial charge >= 0.3 is 0 Å². The molecule has 0 spiro atoms. The fourth-order valence-corrected chi connectivity index (χ4v) is 2.35. The average molecular weight is 301 g/mol. The van der Waals surface area contributed by atoms with Crippen LogP contribution in [0.2, 0.25) is 5.15 Å². The zero-order valence-corrected chi connectivity index (χ0v) is 11.4. The maximum absolute atomic E-state index is 6.10. The number of halogens is 2. The van der Waals surface area contributed by atoms with Crippen molar-refractivity contribution in [3.63, 3.8) is 0 Å². The van der Waals surface area contributed by atoms with Crippen LogP contribution in [0.1, 0.15) is 12.5 Å². The second-order valence-electron chi connectivity index (χ2n) is 3.44. The van der Waals surface area contributed by atoms with Gasteiger partial charge in [0.15, 0.2) is 0 Å². The molecule has 0 unspecified atom stereocenters. The molecule has 0 amide bonds. The Morgan fingerprint density at radius 2 is 2.19 bits per heavy atom. The molecule has 0 atom stereocenters. The van der Waals surface area contributed by atoms with Crippen LogP contribution in [0.5, 0.6) is 5.75 Å². The SMILES string of the molecule is CCc1cc2c(OC)ccc(Br)c2nc1Cl. The third-order valence-corrected chi connectivity index (χ3v) is 3.49. The molecule has 0 N–H and O–H groups in total. The van der Waals surface area contributed by atoms with E-state index in [2.05, 4.69) is 27.8 Å². The average Bonchev–Trinajstić information content (AvgIpc) is 2.30. The van der Waals surface area contributed by atoms with E-state index in [-0.39, 0.29) is 0 Å². The summed E-state index contributed by atoms with van der Waals surface area (Å²) in [5.74, 6) is 0.817. The van der Waals surface area contributed by atoms with Gasteiger partial charge in [0.05, 0.1) is 12.6 Å². The van der Waals surface area contributed by atoms with Crippen LogP contribution in [0, 0.1) is 0 Å². The lowest BCUT2D eigenvalue weighted by atomic mass is 10.1. The topological polar surface area (TPSA) is 22.1 Å². The molecule has 84 valence electrons. The molecule has 0 saturated heterocycles. The first-order chi connectivity index (χ1) is 7.67. The molecular weight excluding hydrogens is 289 g/mol. The number of aromatic nitrogens is 1. The van der Waals surface area contributed by atoms with Gasteiger partial charge in [-0.15, -0.1) is 0 Å². The van der Waals surface area contributed by atoms with Crippen LogP contribution in [-0.2, 0) is 6.42 Å². The molecule has 0 saturated carbocycles. The van der Waals surface area contributed by atoms with Gasteiger partial charge in [-0.05, 0) is 46.1 Å². The number of pyridine rings is 1. The number of benzene rings is 1. The number of ether oxygens (including phenoxy) is 1. The van der Waals surface area contributed by atoms with Crippen LogP contribution >= 0.6 is 27.5 Å². The minimum atomic E-state index is 0.559.